The van der Waals surface area contributed by atoms with E-state index in [0.29, 0.717) is 25.4 Å². The normalized spacial score (nSPS) is 20.2. The van der Waals surface area contributed by atoms with Crippen molar-refractivity contribution in [3.05, 3.63) is 78.0 Å². The second-order valence-corrected chi connectivity index (χ2v) is 10.1. The molecule has 1 N–H and O–H groups in total. The van der Waals surface area contributed by atoms with E-state index >= 15 is 0 Å². The molecule has 1 aromatic heterocycles. The van der Waals surface area contributed by atoms with Crippen molar-refractivity contribution in [1.29, 1.82) is 0 Å². The third-order valence-corrected chi connectivity index (χ3v) is 7.61. The second-order valence-electron chi connectivity index (χ2n) is 10.1. The lowest BCUT2D eigenvalue weighted by Gasteiger charge is -2.45. The van der Waals surface area contributed by atoms with Crippen LogP contribution in [0.5, 0.6) is 5.75 Å². The van der Waals surface area contributed by atoms with Gasteiger partial charge in [-0.1, -0.05) is 67.8 Å². The minimum Gasteiger partial charge on any atom is -0.494 e. The van der Waals surface area contributed by atoms with Gasteiger partial charge in [0.1, 0.15) is 17.0 Å². The number of carbonyl (C=O) groups is 2. The highest BCUT2D eigenvalue weighted by Crippen LogP contribution is 2.35. The molecular formula is C30H35N3O3. The molecule has 1 aliphatic heterocycles. The number of ether oxygens (including phenoxy) is 1. The number of amides is 2. The predicted molar refractivity (Wildman–Crippen MR) is 141 cm³/mol. The summed E-state index contributed by atoms with van der Waals surface area (Å²) in [4.78, 5) is 29.7. The van der Waals surface area contributed by atoms with Crippen LogP contribution in [0.2, 0.25) is 0 Å². The molecule has 188 valence electrons. The number of aromatic nitrogens is 1. The number of para-hydroxylation sites is 1. The topological polar surface area (TPSA) is 63.6 Å². The van der Waals surface area contributed by atoms with Gasteiger partial charge in [0, 0.05) is 17.3 Å². The van der Waals surface area contributed by atoms with Gasteiger partial charge in [0.25, 0.3) is 5.91 Å². The van der Waals surface area contributed by atoms with Crippen molar-refractivity contribution >= 4 is 11.8 Å². The first-order chi connectivity index (χ1) is 17.5. The molecule has 36 heavy (non-hydrogen) atoms. The van der Waals surface area contributed by atoms with Crippen molar-refractivity contribution in [2.75, 3.05) is 6.61 Å². The van der Waals surface area contributed by atoms with Crippen molar-refractivity contribution in [3.63, 3.8) is 0 Å². The lowest BCUT2D eigenvalue weighted by atomic mass is 9.91. The highest BCUT2D eigenvalue weighted by atomic mass is 16.5. The van der Waals surface area contributed by atoms with Gasteiger partial charge < -0.3 is 19.5 Å². The van der Waals surface area contributed by atoms with Crippen LogP contribution >= 0.6 is 0 Å². The maximum atomic E-state index is 14.0. The van der Waals surface area contributed by atoms with Crippen LogP contribution in [0.4, 0.5) is 0 Å². The van der Waals surface area contributed by atoms with Crippen LogP contribution in [0.1, 0.15) is 62.0 Å². The second kappa shape index (κ2) is 10.2. The third-order valence-electron chi connectivity index (χ3n) is 7.61. The molecule has 0 bridgehead atoms. The van der Waals surface area contributed by atoms with Gasteiger partial charge in [0.15, 0.2) is 0 Å². The summed E-state index contributed by atoms with van der Waals surface area (Å²) in [5.41, 5.74) is 2.42. The summed E-state index contributed by atoms with van der Waals surface area (Å²) in [6, 6.07) is 21.8. The summed E-state index contributed by atoms with van der Waals surface area (Å²) in [6.07, 6.45) is 5.47. The van der Waals surface area contributed by atoms with Crippen LogP contribution in [0.15, 0.2) is 66.7 Å². The monoisotopic (exact) mass is 485 g/mol. The summed E-state index contributed by atoms with van der Waals surface area (Å²) in [5.74, 6) is 0.514. The van der Waals surface area contributed by atoms with Gasteiger partial charge in [-0.05, 0) is 50.5 Å². The van der Waals surface area contributed by atoms with Crippen molar-refractivity contribution in [3.8, 4) is 17.0 Å². The fourth-order valence-corrected chi connectivity index (χ4v) is 5.57. The fourth-order valence-electron chi connectivity index (χ4n) is 5.57. The van der Waals surface area contributed by atoms with E-state index in [1.165, 1.54) is 6.42 Å². The summed E-state index contributed by atoms with van der Waals surface area (Å²) >= 11 is 0. The average molecular weight is 486 g/mol. The highest BCUT2D eigenvalue weighted by Gasteiger charge is 2.48. The first-order valence-electron chi connectivity index (χ1n) is 13.1. The van der Waals surface area contributed by atoms with E-state index in [1.54, 1.807) is 4.90 Å². The zero-order valence-corrected chi connectivity index (χ0v) is 21.2. The van der Waals surface area contributed by atoms with E-state index in [1.807, 2.05) is 85.1 Å². The van der Waals surface area contributed by atoms with E-state index in [4.69, 9.17) is 4.74 Å². The molecule has 1 fully saturated rings. The van der Waals surface area contributed by atoms with E-state index < -0.39 is 5.54 Å². The Bertz CT molecular complexity index is 1230. The van der Waals surface area contributed by atoms with E-state index in [9.17, 15) is 9.59 Å². The summed E-state index contributed by atoms with van der Waals surface area (Å²) in [6.45, 7) is 5.08. The molecule has 0 radical (unpaired) electrons. The Hall–Kier alpha value is -3.54. The molecule has 5 rings (SSSR count). The maximum absolute atomic E-state index is 14.0. The van der Waals surface area contributed by atoms with E-state index in [0.717, 1.165) is 48.3 Å². The molecule has 1 aliphatic carbocycles. The van der Waals surface area contributed by atoms with Crippen LogP contribution in [-0.4, -0.2) is 39.5 Å². The fraction of sp³-hybridized carbons (Fsp3) is 0.400. The van der Waals surface area contributed by atoms with Gasteiger partial charge in [-0.25, -0.2) is 0 Å². The number of hydrogen-bond acceptors (Lipinski definition) is 3. The van der Waals surface area contributed by atoms with Crippen LogP contribution in [-0.2, 0) is 17.9 Å². The smallest absolute Gasteiger partial charge is 0.271 e. The predicted octanol–water partition coefficient (Wildman–Crippen LogP) is 5.42. The van der Waals surface area contributed by atoms with Crippen molar-refractivity contribution in [2.45, 2.75) is 70.6 Å². The van der Waals surface area contributed by atoms with Gasteiger partial charge in [-0.15, -0.1) is 0 Å². The number of nitrogens with zero attached hydrogens (tertiary/aromatic N) is 2. The van der Waals surface area contributed by atoms with Gasteiger partial charge in [0.05, 0.1) is 19.7 Å². The highest BCUT2D eigenvalue weighted by molar-refractivity contribution is 6.00. The van der Waals surface area contributed by atoms with E-state index in [-0.39, 0.29) is 17.9 Å². The Kier molecular flexibility index (Phi) is 6.86. The Balaban J connectivity index is 1.54. The molecule has 0 unspecified atom stereocenters. The summed E-state index contributed by atoms with van der Waals surface area (Å²) < 4.78 is 7.87. The lowest BCUT2D eigenvalue weighted by molar-refractivity contribution is -0.134. The molecule has 0 saturated heterocycles. The number of nitrogens with one attached hydrogen (secondary N) is 1. The third kappa shape index (κ3) is 4.52. The first kappa shape index (κ1) is 24.2. The Labute approximate surface area is 213 Å². The molecular weight excluding hydrogens is 450 g/mol. The first-order valence-corrected chi connectivity index (χ1v) is 13.1. The molecule has 0 spiro atoms. The zero-order chi connectivity index (χ0) is 25.1. The Morgan fingerprint density at radius 2 is 1.67 bits per heavy atom. The van der Waals surface area contributed by atoms with Crippen LogP contribution < -0.4 is 10.1 Å². The van der Waals surface area contributed by atoms with Gasteiger partial charge >= 0.3 is 0 Å². The summed E-state index contributed by atoms with van der Waals surface area (Å²) in [5, 5.41) is 3.31. The molecule has 1 atom stereocenters. The molecule has 3 aromatic rings. The lowest BCUT2D eigenvalue weighted by Crippen LogP contribution is -2.64. The maximum Gasteiger partial charge on any atom is 0.271 e. The van der Waals surface area contributed by atoms with Crippen LogP contribution in [0, 0.1) is 0 Å². The minimum absolute atomic E-state index is 0.0880. The summed E-state index contributed by atoms with van der Waals surface area (Å²) in [7, 11) is 0. The van der Waals surface area contributed by atoms with Crippen molar-refractivity contribution in [1.82, 2.24) is 14.8 Å². The molecule has 2 aromatic carbocycles. The SMILES string of the molecule is CCOc1ccccc1CN1C(=O)c2ccc(-c3ccccc3)n2C[C@]1(C)C(=O)NC1CCCCC1. The molecule has 6 nitrogen and oxygen atoms in total. The van der Waals surface area contributed by atoms with Crippen molar-refractivity contribution in [2.24, 2.45) is 0 Å². The molecule has 1 saturated carbocycles. The minimum atomic E-state index is -1.05. The quantitative estimate of drug-likeness (QED) is 0.486. The molecule has 2 heterocycles. The molecule has 2 amide bonds. The molecule has 2 aliphatic rings. The Morgan fingerprint density at radius 1 is 0.972 bits per heavy atom. The van der Waals surface area contributed by atoms with Gasteiger partial charge in [-0.3, -0.25) is 9.59 Å². The van der Waals surface area contributed by atoms with Crippen LogP contribution in [0.25, 0.3) is 11.3 Å². The van der Waals surface area contributed by atoms with Crippen LogP contribution in [0.3, 0.4) is 0 Å². The standard InChI is InChI=1S/C30H35N3O3/c1-3-36-27-17-11-10-14-23(27)20-33-28(34)26-19-18-25(22-12-6-4-7-13-22)32(26)21-30(33,2)29(35)31-24-15-8-5-9-16-24/h4,6-7,10-14,17-19,24H,3,5,8-9,15-16,20-21H2,1-2H3,(H,31,35)/t30-/m1/s1. The Morgan fingerprint density at radius 3 is 2.42 bits per heavy atom. The van der Waals surface area contributed by atoms with E-state index in [2.05, 4.69) is 5.32 Å². The number of rotatable bonds is 7. The van der Waals surface area contributed by atoms with Crippen molar-refractivity contribution < 1.29 is 14.3 Å². The van der Waals surface area contributed by atoms with Gasteiger partial charge in [-0.2, -0.15) is 0 Å². The number of benzene rings is 2. The van der Waals surface area contributed by atoms with Gasteiger partial charge in [0.2, 0.25) is 5.91 Å². The molecule has 6 heteroatoms. The number of hydrogen-bond donors (Lipinski definition) is 1. The number of carbonyl (C=O) groups excluding carboxylic acids is 2. The average Bonchev–Trinajstić information content (AvgIpc) is 3.32. The largest absolute Gasteiger partial charge is 0.494 e. The number of fused-ring (bicyclic) bond motifs is 1. The zero-order valence-electron chi connectivity index (χ0n) is 21.2.